The van der Waals surface area contributed by atoms with Crippen molar-refractivity contribution in [1.82, 2.24) is 4.98 Å². The summed E-state index contributed by atoms with van der Waals surface area (Å²) in [6.45, 7) is 6.65. The molecule has 1 aromatic heterocycles. The van der Waals surface area contributed by atoms with Crippen molar-refractivity contribution in [3.8, 4) is 5.75 Å². The van der Waals surface area contributed by atoms with Crippen LogP contribution >= 0.6 is 23.6 Å². The van der Waals surface area contributed by atoms with Crippen molar-refractivity contribution < 1.29 is 4.74 Å². The standard InChI is InChI=1S/C14H16N2OS2/c1-8-4-9(2)10(3)11(5-8)17-7-13-16-6-12(19-13)14(15)18/h4-6H,7H2,1-3H3,(H2,15,18). The van der Waals surface area contributed by atoms with Crippen molar-refractivity contribution in [2.75, 3.05) is 0 Å². The molecule has 2 rings (SSSR count). The van der Waals surface area contributed by atoms with Crippen LogP contribution in [0.1, 0.15) is 26.6 Å². The average Bonchev–Trinajstić information content (AvgIpc) is 2.81. The zero-order chi connectivity index (χ0) is 14.0. The predicted octanol–water partition coefficient (Wildman–Crippen LogP) is 3.28. The maximum Gasteiger partial charge on any atom is 0.140 e. The lowest BCUT2D eigenvalue weighted by atomic mass is 10.1. The number of ether oxygens (including phenoxy) is 1. The highest BCUT2D eigenvalue weighted by Gasteiger charge is 2.07. The number of thiocarbonyl (C=S) groups is 1. The van der Waals surface area contributed by atoms with Gasteiger partial charge < -0.3 is 10.5 Å². The summed E-state index contributed by atoms with van der Waals surface area (Å²) in [5.41, 5.74) is 9.15. The minimum absolute atomic E-state index is 0.381. The van der Waals surface area contributed by atoms with Crippen molar-refractivity contribution in [2.45, 2.75) is 27.4 Å². The molecule has 0 saturated carbocycles. The molecule has 0 radical (unpaired) electrons. The van der Waals surface area contributed by atoms with Gasteiger partial charge in [-0.3, -0.25) is 0 Å². The lowest BCUT2D eigenvalue weighted by Crippen LogP contribution is -2.06. The first-order valence-electron chi connectivity index (χ1n) is 5.92. The molecule has 0 spiro atoms. The SMILES string of the molecule is Cc1cc(C)c(C)c(OCc2ncc(C(N)=S)s2)c1. The van der Waals surface area contributed by atoms with Gasteiger partial charge in [0.25, 0.3) is 0 Å². The highest BCUT2D eigenvalue weighted by atomic mass is 32.1. The van der Waals surface area contributed by atoms with Gasteiger partial charge >= 0.3 is 0 Å². The Kier molecular flexibility index (Phi) is 4.17. The first-order valence-corrected chi connectivity index (χ1v) is 7.15. The van der Waals surface area contributed by atoms with Crippen LogP contribution in [-0.2, 0) is 6.61 Å². The second-order valence-corrected chi connectivity index (χ2v) is 6.03. The molecule has 0 amide bonds. The van der Waals surface area contributed by atoms with E-state index in [1.807, 2.05) is 6.07 Å². The van der Waals surface area contributed by atoms with E-state index in [0.29, 0.717) is 11.6 Å². The van der Waals surface area contributed by atoms with Crippen LogP contribution in [0.5, 0.6) is 5.75 Å². The third-order valence-corrected chi connectivity index (χ3v) is 4.26. The Morgan fingerprint density at radius 3 is 2.74 bits per heavy atom. The van der Waals surface area contributed by atoms with Gasteiger partial charge in [0.15, 0.2) is 0 Å². The monoisotopic (exact) mass is 292 g/mol. The van der Waals surface area contributed by atoms with Gasteiger partial charge in [-0.15, -0.1) is 11.3 Å². The number of nitrogens with zero attached hydrogens (tertiary/aromatic N) is 1. The summed E-state index contributed by atoms with van der Waals surface area (Å²) in [4.78, 5) is 5.46. The number of aromatic nitrogens is 1. The molecule has 0 saturated heterocycles. The lowest BCUT2D eigenvalue weighted by molar-refractivity contribution is 0.303. The zero-order valence-electron chi connectivity index (χ0n) is 11.2. The van der Waals surface area contributed by atoms with E-state index in [1.54, 1.807) is 6.20 Å². The molecular formula is C14H16N2OS2. The molecule has 5 heteroatoms. The molecule has 19 heavy (non-hydrogen) atoms. The highest BCUT2D eigenvalue weighted by Crippen LogP contribution is 2.24. The van der Waals surface area contributed by atoms with Gasteiger partial charge in [-0.25, -0.2) is 4.98 Å². The Labute approximate surface area is 122 Å². The van der Waals surface area contributed by atoms with Crippen LogP contribution in [0.15, 0.2) is 18.3 Å². The zero-order valence-corrected chi connectivity index (χ0v) is 12.8. The predicted molar refractivity (Wildman–Crippen MR) is 83.0 cm³/mol. The van der Waals surface area contributed by atoms with E-state index < -0.39 is 0 Å². The van der Waals surface area contributed by atoms with Gasteiger partial charge in [0.2, 0.25) is 0 Å². The number of benzene rings is 1. The first kappa shape index (κ1) is 14.0. The Morgan fingerprint density at radius 2 is 2.11 bits per heavy atom. The summed E-state index contributed by atoms with van der Waals surface area (Å²) in [6, 6.07) is 4.20. The number of nitrogens with two attached hydrogens (primary N) is 1. The molecule has 1 aromatic carbocycles. The fraction of sp³-hybridized carbons (Fsp3) is 0.286. The van der Waals surface area contributed by atoms with Crippen LogP contribution in [0.25, 0.3) is 0 Å². The van der Waals surface area contributed by atoms with Crippen molar-refractivity contribution in [3.05, 3.63) is 44.9 Å². The molecule has 0 aliphatic rings. The molecule has 3 nitrogen and oxygen atoms in total. The number of rotatable bonds is 4. The Balaban J connectivity index is 2.12. The van der Waals surface area contributed by atoms with Gasteiger partial charge in [0.05, 0.1) is 4.88 Å². The van der Waals surface area contributed by atoms with Crippen molar-refractivity contribution in [3.63, 3.8) is 0 Å². The fourth-order valence-corrected chi connectivity index (χ4v) is 2.64. The fourth-order valence-electron chi connectivity index (χ4n) is 1.78. The average molecular weight is 292 g/mol. The number of aryl methyl sites for hydroxylation is 2. The summed E-state index contributed by atoms with van der Waals surface area (Å²) >= 11 is 6.39. The van der Waals surface area contributed by atoms with Gasteiger partial charge in [0, 0.05) is 6.20 Å². The quantitative estimate of drug-likeness (QED) is 0.879. The van der Waals surface area contributed by atoms with Gasteiger partial charge in [-0.1, -0.05) is 18.3 Å². The van der Waals surface area contributed by atoms with Crippen LogP contribution in [0.2, 0.25) is 0 Å². The molecule has 0 atom stereocenters. The number of hydrogen-bond acceptors (Lipinski definition) is 4. The molecule has 100 valence electrons. The lowest BCUT2D eigenvalue weighted by Gasteiger charge is -2.11. The summed E-state index contributed by atoms with van der Waals surface area (Å²) in [7, 11) is 0. The molecule has 0 fully saturated rings. The third kappa shape index (κ3) is 3.30. The molecule has 2 aromatic rings. The van der Waals surface area contributed by atoms with E-state index in [0.717, 1.165) is 21.2 Å². The van der Waals surface area contributed by atoms with E-state index in [4.69, 9.17) is 22.7 Å². The van der Waals surface area contributed by atoms with Crippen LogP contribution in [0, 0.1) is 20.8 Å². The van der Waals surface area contributed by atoms with E-state index in [-0.39, 0.29) is 0 Å². The van der Waals surface area contributed by atoms with E-state index in [1.165, 1.54) is 22.5 Å². The molecule has 2 N–H and O–H groups in total. The Bertz CT molecular complexity index is 620. The van der Waals surface area contributed by atoms with Gasteiger partial charge in [-0.05, 0) is 43.5 Å². The summed E-state index contributed by atoms with van der Waals surface area (Å²) in [6.07, 6.45) is 1.69. The molecular weight excluding hydrogens is 276 g/mol. The maximum atomic E-state index is 5.84. The third-order valence-electron chi connectivity index (χ3n) is 2.91. The van der Waals surface area contributed by atoms with Crippen LogP contribution in [0.4, 0.5) is 0 Å². The summed E-state index contributed by atoms with van der Waals surface area (Å²) in [5, 5.41) is 0.876. The first-order chi connectivity index (χ1) is 8.97. The van der Waals surface area contributed by atoms with E-state index in [2.05, 4.69) is 31.8 Å². The maximum absolute atomic E-state index is 5.84. The minimum atomic E-state index is 0.381. The Hall–Kier alpha value is -1.46. The van der Waals surface area contributed by atoms with Crippen molar-refractivity contribution >= 4 is 28.5 Å². The largest absolute Gasteiger partial charge is 0.486 e. The molecule has 0 aliphatic heterocycles. The molecule has 0 aliphatic carbocycles. The smallest absolute Gasteiger partial charge is 0.140 e. The molecule has 0 bridgehead atoms. The van der Waals surface area contributed by atoms with Gasteiger partial charge in [-0.2, -0.15) is 0 Å². The summed E-state index contributed by atoms with van der Waals surface area (Å²) < 4.78 is 5.84. The highest BCUT2D eigenvalue weighted by molar-refractivity contribution is 7.81. The van der Waals surface area contributed by atoms with Crippen molar-refractivity contribution in [2.24, 2.45) is 5.73 Å². The van der Waals surface area contributed by atoms with Crippen LogP contribution in [0.3, 0.4) is 0 Å². The number of hydrogen-bond donors (Lipinski definition) is 1. The van der Waals surface area contributed by atoms with E-state index >= 15 is 0 Å². The molecule has 1 heterocycles. The normalized spacial score (nSPS) is 10.5. The van der Waals surface area contributed by atoms with Gasteiger partial charge in [0.1, 0.15) is 22.4 Å². The van der Waals surface area contributed by atoms with E-state index in [9.17, 15) is 0 Å². The van der Waals surface area contributed by atoms with Crippen molar-refractivity contribution in [1.29, 1.82) is 0 Å². The molecule has 0 unspecified atom stereocenters. The van der Waals surface area contributed by atoms with Crippen LogP contribution < -0.4 is 10.5 Å². The second kappa shape index (κ2) is 5.67. The van der Waals surface area contributed by atoms with Crippen LogP contribution in [-0.4, -0.2) is 9.97 Å². The minimum Gasteiger partial charge on any atom is -0.486 e. The topological polar surface area (TPSA) is 48.1 Å². The Morgan fingerprint density at radius 1 is 1.37 bits per heavy atom. The number of thiazole rings is 1. The summed E-state index contributed by atoms with van der Waals surface area (Å²) in [5.74, 6) is 0.907. The second-order valence-electron chi connectivity index (χ2n) is 4.48.